The summed E-state index contributed by atoms with van der Waals surface area (Å²) in [4.78, 5) is 13.9. The molecule has 0 fully saturated rings. The summed E-state index contributed by atoms with van der Waals surface area (Å²) >= 11 is 0. The Kier molecular flexibility index (Phi) is 6.62. The first-order valence-corrected chi connectivity index (χ1v) is 10.1. The Hall–Kier alpha value is -2.38. The molecule has 0 bridgehead atoms. The highest BCUT2D eigenvalue weighted by molar-refractivity contribution is 7.89. The molecule has 0 saturated heterocycles. The summed E-state index contributed by atoms with van der Waals surface area (Å²) in [6.07, 6.45) is 0. The minimum Gasteiger partial charge on any atom is -0.497 e. The van der Waals surface area contributed by atoms with E-state index in [4.69, 9.17) is 4.74 Å². The number of benzene rings is 2. The molecule has 0 heterocycles. The molecule has 0 saturated carbocycles. The lowest BCUT2D eigenvalue weighted by atomic mass is 10.1. The molecule has 0 radical (unpaired) electrons. The second-order valence-electron chi connectivity index (χ2n) is 6.44. The largest absolute Gasteiger partial charge is 0.497 e. The van der Waals surface area contributed by atoms with Crippen molar-refractivity contribution in [1.29, 1.82) is 0 Å². The third kappa shape index (κ3) is 4.87. The van der Waals surface area contributed by atoms with Crippen LogP contribution in [0.25, 0.3) is 0 Å². The van der Waals surface area contributed by atoms with Gasteiger partial charge in [0.2, 0.25) is 15.9 Å². The number of hydrogen-bond acceptors (Lipinski definition) is 4. The van der Waals surface area contributed by atoms with Gasteiger partial charge in [-0.3, -0.25) is 4.79 Å². The normalized spacial score (nSPS) is 11.3. The van der Waals surface area contributed by atoms with E-state index in [-0.39, 0.29) is 23.9 Å². The van der Waals surface area contributed by atoms with E-state index in [1.807, 2.05) is 32.0 Å². The van der Waals surface area contributed by atoms with Crippen LogP contribution in [-0.4, -0.2) is 34.5 Å². The van der Waals surface area contributed by atoms with Crippen LogP contribution in [0.5, 0.6) is 5.75 Å². The number of para-hydroxylation sites is 1. The van der Waals surface area contributed by atoms with Gasteiger partial charge in [0.15, 0.2) is 0 Å². The van der Waals surface area contributed by atoms with E-state index in [0.29, 0.717) is 11.3 Å². The molecule has 7 heteroatoms. The molecule has 0 aliphatic carbocycles. The fourth-order valence-electron chi connectivity index (χ4n) is 3.08. The first kappa shape index (κ1) is 20.9. The molecule has 0 aliphatic heterocycles. The van der Waals surface area contributed by atoms with Crippen LogP contribution in [0.2, 0.25) is 0 Å². The van der Waals surface area contributed by atoms with Crippen molar-refractivity contribution in [2.75, 3.05) is 25.1 Å². The van der Waals surface area contributed by atoms with Crippen LogP contribution in [-0.2, 0) is 14.8 Å². The van der Waals surface area contributed by atoms with Gasteiger partial charge in [0.05, 0.1) is 12.0 Å². The maximum absolute atomic E-state index is 12.6. The molecule has 6 nitrogen and oxygen atoms in total. The second-order valence-corrected chi connectivity index (χ2v) is 8.18. The van der Waals surface area contributed by atoms with E-state index < -0.39 is 10.0 Å². The van der Waals surface area contributed by atoms with E-state index >= 15 is 0 Å². The van der Waals surface area contributed by atoms with Gasteiger partial charge in [0.25, 0.3) is 0 Å². The number of carbonyl (C=O) groups excluding carboxylic acids is 1. The van der Waals surface area contributed by atoms with Gasteiger partial charge in [0, 0.05) is 25.7 Å². The third-order valence-corrected chi connectivity index (χ3v) is 6.01. The smallest absolute Gasteiger partial charge is 0.240 e. The van der Waals surface area contributed by atoms with Gasteiger partial charge in [-0.15, -0.1) is 0 Å². The maximum atomic E-state index is 12.6. The van der Waals surface area contributed by atoms with Gasteiger partial charge in [0.1, 0.15) is 5.75 Å². The number of sulfonamides is 1. The van der Waals surface area contributed by atoms with Gasteiger partial charge in [-0.2, -0.15) is 0 Å². The first-order valence-electron chi connectivity index (χ1n) is 8.66. The van der Waals surface area contributed by atoms with Crippen LogP contribution in [0.3, 0.4) is 0 Å². The van der Waals surface area contributed by atoms with E-state index in [9.17, 15) is 13.2 Å². The van der Waals surface area contributed by atoms with Crippen LogP contribution >= 0.6 is 0 Å². The van der Waals surface area contributed by atoms with Gasteiger partial charge in [-0.25, -0.2) is 13.1 Å². The molecule has 2 aromatic carbocycles. The Bertz CT molecular complexity index is 919. The molecule has 1 amide bonds. The van der Waals surface area contributed by atoms with Gasteiger partial charge >= 0.3 is 0 Å². The molecule has 0 atom stereocenters. The predicted molar refractivity (Wildman–Crippen MR) is 107 cm³/mol. The average molecular weight is 391 g/mol. The number of carbonyl (C=O) groups is 1. The van der Waals surface area contributed by atoms with Crippen molar-refractivity contribution >= 4 is 21.6 Å². The molecule has 2 aromatic rings. The second kappa shape index (κ2) is 8.54. The first-order chi connectivity index (χ1) is 12.7. The molecule has 2 rings (SSSR count). The van der Waals surface area contributed by atoms with Crippen LogP contribution in [0, 0.1) is 20.8 Å². The summed E-state index contributed by atoms with van der Waals surface area (Å²) in [5.41, 5.74) is 3.36. The molecule has 0 aromatic heterocycles. The molecular weight excluding hydrogens is 364 g/mol. The van der Waals surface area contributed by atoms with Crippen molar-refractivity contribution in [3.8, 4) is 5.75 Å². The van der Waals surface area contributed by atoms with Crippen molar-refractivity contribution < 1.29 is 17.9 Å². The van der Waals surface area contributed by atoms with Crippen molar-refractivity contribution in [1.82, 2.24) is 4.72 Å². The average Bonchev–Trinajstić information content (AvgIpc) is 2.59. The Morgan fingerprint density at radius 3 is 2.22 bits per heavy atom. The number of hydrogen-bond donors (Lipinski definition) is 1. The van der Waals surface area contributed by atoms with Gasteiger partial charge in [-0.05, 0) is 55.7 Å². The fourth-order valence-corrected chi connectivity index (χ4v) is 4.32. The molecule has 1 N–H and O–H groups in total. The monoisotopic (exact) mass is 390 g/mol. The highest BCUT2D eigenvalue weighted by Crippen LogP contribution is 2.25. The van der Waals surface area contributed by atoms with Crippen LogP contribution in [0.1, 0.15) is 23.6 Å². The fraction of sp³-hybridized carbons (Fsp3) is 0.350. The number of aryl methyl sites for hydroxylation is 3. The summed E-state index contributed by atoms with van der Waals surface area (Å²) in [6.45, 7) is 7.42. The zero-order valence-electron chi connectivity index (χ0n) is 16.4. The zero-order valence-corrected chi connectivity index (χ0v) is 17.2. The minimum atomic E-state index is -3.68. The predicted octanol–water partition coefficient (Wildman–Crippen LogP) is 2.95. The lowest BCUT2D eigenvalue weighted by Crippen LogP contribution is -2.38. The van der Waals surface area contributed by atoms with Crippen LogP contribution < -0.4 is 14.4 Å². The lowest BCUT2D eigenvalue weighted by molar-refractivity contribution is -0.116. The molecule has 146 valence electrons. The Labute approximate surface area is 161 Å². The summed E-state index contributed by atoms with van der Waals surface area (Å²) < 4.78 is 32.9. The van der Waals surface area contributed by atoms with E-state index in [0.717, 1.165) is 16.8 Å². The summed E-state index contributed by atoms with van der Waals surface area (Å²) in [7, 11) is -2.15. The molecule has 0 spiro atoms. The molecular formula is C20H26N2O4S. The maximum Gasteiger partial charge on any atom is 0.240 e. The van der Waals surface area contributed by atoms with E-state index in [1.54, 1.807) is 24.0 Å². The van der Waals surface area contributed by atoms with E-state index in [1.165, 1.54) is 20.1 Å². The zero-order chi connectivity index (χ0) is 20.2. The minimum absolute atomic E-state index is 0.112. The van der Waals surface area contributed by atoms with E-state index in [2.05, 4.69) is 4.72 Å². The Morgan fingerprint density at radius 2 is 1.70 bits per heavy atom. The van der Waals surface area contributed by atoms with Crippen molar-refractivity contribution in [2.24, 2.45) is 0 Å². The topological polar surface area (TPSA) is 75.7 Å². The molecule has 27 heavy (non-hydrogen) atoms. The highest BCUT2D eigenvalue weighted by Gasteiger charge is 2.20. The number of amides is 1. The van der Waals surface area contributed by atoms with Crippen molar-refractivity contribution in [3.05, 3.63) is 53.1 Å². The third-order valence-electron chi connectivity index (χ3n) is 4.39. The SMILES string of the molecule is COc1ccc(S(=O)(=O)NCCN(C(C)=O)c2c(C)cccc2C)c(C)c1. The van der Waals surface area contributed by atoms with Gasteiger partial charge < -0.3 is 9.64 Å². The number of nitrogens with one attached hydrogen (secondary N) is 1. The van der Waals surface area contributed by atoms with Crippen LogP contribution in [0.4, 0.5) is 5.69 Å². The Balaban J connectivity index is 2.16. The lowest BCUT2D eigenvalue weighted by Gasteiger charge is -2.25. The number of methoxy groups -OCH3 is 1. The van der Waals surface area contributed by atoms with Gasteiger partial charge in [-0.1, -0.05) is 18.2 Å². The molecule has 0 aliphatic rings. The van der Waals surface area contributed by atoms with Crippen LogP contribution in [0.15, 0.2) is 41.3 Å². The van der Waals surface area contributed by atoms with Crippen molar-refractivity contribution in [2.45, 2.75) is 32.6 Å². The standard InChI is InChI=1S/C20H26N2O4S/c1-14-7-6-8-15(2)20(14)22(17(4)23)12-11-21-27(24,25)19-10-9-18(26-5)13-16(19)3/h6-10,13,21H,11-12H2,1-5H3. The quantitative estimate of drug-likeness (QED) is 0.789. The Morgan fingerprint density at radius 1 is 1.07 bits per heavy atom. The number of nitrogens with zero attached hydrogens (tertiary/aromatic N) is 1. The van der Waals surface area contributed by atoms with Crippen molar-refractivity contribution in [3.63, 3.8) is 0 Å². The number of ether oxygens (including phenoxy) is 1. The number of anilines is 1. The molecule has 0 unspecified atom stereocenters. The highest BCUT2D eigenvalue weighted by atomic mass is 32.2. The summed E-state index contributed by atoms with van der Waals surface area (Å²) in [5, 5.41) is 0. The summed E-state index contributed by atoms with van der Waals surface area (Å²) in [6, 6.07) is 10.6. The summed E-state index contributed by atoms with van der Waals surface area (Å²) in [5.74, 6) is 0.469. The number of rotatable bonds is 7.